The van der Waals surface area contributed by atoms with Crippen molar-refractivity contribution in [2.75, 3.05) is 18.6 Å². The molecule has 1 aliphatic carbocycles. The topological polar surface area (TPSA) is 92.8 Å². The molecule has 1 aromatic carbocycles. The molecule has 0 bridgehead atoms. The van der Waals surface area contributed by atoms with Crippen LogP contribution in [0.4, 0.5) is 10.5 Å². The van der Waals surface area contributed by atoms with Crippen LogP contribution in [0, 0.1) is 6.92 Å². The van der Waals surface area contributed by atoms with Crippen LogP contribution < -0.4 is 20.3 Å². The predicted octanol–water partition coefficient (Wildman–Crippen LogP) is 6.04. The second kappa shape index (κ2) is 13.4. The van der Waals surface area contributed by atoms with Crippen LogP contribution in [0.1, 0.15) is 92.5 Å². The third-order valence-corrected chi connectivity index (χ3v) is 7.90. The molecule has 0 unspecified atom stereocenters. The average Bonchev–Trinajstić information content (AvgIpc) is 2.91. The van der Waals surface area contributed by atoms with Gasteiger partial charge in [-0.2, -0.15) is 0 Å². The summed E-state index contributed by atoms with van der Waals surface area (Å²) < 4.78 is 11.0. The van der Waals surface area contributed by atoms with Gasteiger partial charge in [0.1, 0.15) is 5.60 Å². The van der Waals surface area contributed by atoms with E-state index in [4.69, 9.17) is 9.47 Å². The number of aryl methyl sites for hydroxylation is 2. The highest BCUT2D eigenvalue weighted by atomic mass is 16.6. The van der Waals surface area contributed by atoms with Crippen molar-refractivity contribution in [1.29, 1.82) is 0 Å². The van der Waals surface area contributed by atoms with Gasteiger partial charge in [-0.3, -0.25) is 4.79 Å². The highest BCUT2D eigenvalue weighted by molar-refractivity contribution is 5.97. The van der Waals surface area contributed by atoms with Crippen molar-refractivity contribution >= 4 is 17.7 Å². The van der Waals surface area contributed by atoms with Gasteiger partial charge in [-0.15, -0.1) is 0 Å². The minimum Gasteiger partial charge on any atom is -0.481 e. The lowest BCUT2D eigenvalue weighted by molar-refractivity contribution is 0.0491. The van der Waals surface area contributed by atoms with E-state index in [0.29, 0.717) is 30.5 Å². The maximum Gasteiger partial charge on any atom is 0.407 e. The minimum absolute atomic E-state index is 0.0919. The molecule has 0 atom stereocenters. The SMILES string of the molecule is CCN(c1cccc2c1CC=CCCc1cc(C)nc(OC)c1CNC2=O)C1CCC(NC(=O)OC(C)(C)C)CC1. The molecule has 1 aromatic heterocycles. The fourth-order valence-corrected chi connectivity index (χ4v) is 6.04. The number of fused-ring (bicyclic) bond motifs is 2. The van der Waals surface area contributed by atoms with Crippen molar-refractivity contribution in [2.24, 2.45) is 0 Å². The molecule has 2 aromatic rings. The smallest absolute Gasteiger partial charge is 0.407 e. The van der Waals surface area contributed by atoms with E-state index in [9.17, 15) is 9.59 Å². The molecule has 1 saturated carbocycles. The molecule has 222 valence electrons. The average molecular weight is 563 g/mol. The van der Waals surface area contributed by atoms with Gasteiger partial charge in [-0.1, -0.05) is 18.2 Å². The largest absolute Gasteiger partial charge is 0.481 e. The molecule has 2 amide bonds. The summed E-state index contributed by atoms with van der Waals surface area (Å²) in [4.78, 5) is 32.9. The fraction of sp³-hybridized carbons (Fsp3) is 0.545. The lowest BCUT2D eigenvalue weighted by atomic mass is 9.89. The summed E-state index contributed by atoms with van der Waals surface area (Å²) in [7, 11) is 1.63. The monoisotopic (exact) mass is 562 g/mol. The number of aromatic nitrogens is 1. The second-order valence-corrected chi connectivity index (χ2v) is 12.0. The van der Waals surface area contributed by atoms with Gasteiger partial charge in [0.05, 0.1) is 7.11 Å². The first-order valence-electron chi connectivity index (χ1n) is 14.9. The Morgan fingerprint density at radius 1 is 1.15 bits per heavy atom. The zero-order valence-electron chi connectivity index (χ0n) is 25.5. The molecule has 0 saturated heterocycles. The number of carbonyl (C=O) groups excluding carboxylic acids is 2. The molecular formula is C33H46N4O4. The van der Waals surface area contributed by atoms with Crippen LogP contribution in [0.25, 0.3) is 0 Å². The number of ether oxygens (including phenoxy) is 2. The Balaban J connectivity index is 1.54. The molecular weight excluding hydrogens is 516 g/mol. The van der Waals surface area contributed by atoms with E-state index in [-0.39, 0.29) is 18.0 Å². The predicted molar refractivity (Wildman–Crippen MR) is 163 cm³/mol. The molecule has 2 heterocycles. The normalized spacial score (nSPS) is 19.5. The van der Waals surface area contributed by atoms with Crippen LogP contribution in [-0.4, -0.2) is 48.3 Å². The minimum atomic E-state index is -0.507. The van der Waals surface area contributed by atoms with Crippen molar-refractivity contribution in [3.8, 4) is 5.88 Å². The maximum atomic E-state index is 13.6. The summed E-state index contributed by atoms with van der Waals surface area (Å²) in [5.41, 5.74) is 5.35. The van der Waals surface area contributed by atoms with Crippen LogP contribution in [0.15, 0.2) is 36.4 Å². The first-order chi connectivity index (χ1) is 19.6. The molecule has 0 radical (unpaired) electrons. The Morgan fingerprint density at radius 2 is 1.90 bits per heavy atom. The van der Waals surface area contributed by atoms with Gasteiger partial charge >= 0.3 is 6.09 Å². The number of pyridine rings is 1. The molecule has 2 aliphatic rings. The van der Waals surface area contributed by atoms with E-state index >= 15 is 0 Å². The van der Waals surface area contributed by atoms with Crippen molar-refractivity contribution < 1.29 is 19.1 Å². The quantitative estimate of drug-likeness (QED) is 0.432. The van der Waals surface area contributed by atoms with Crippen molar-refractivity contribution in [1.82, 2.24) is 15.6 Å². The number of hydrogen-bond acceptors (Lipinski definition) is 6. The van der Waals surface area contributed by atoms with Gasteiger partial charge in [-0.25, -0.2) is 9.78 Å². The third-order valence-electron chi connectivity index (χ3n) is 7.90. The highest BCUT2D eigenvalue weighted by Crippen LogP contribution is 2.33. The number of anilines is 1. The molecule has 1 fully saturated rings. The molecule has 0 spiro atoms. The van der Waals surface area contributed by atoms with Gasteiger partial charge in [0.25, 0.3) is 5.91 Å². The summed E-state index contributed by atoms with van der Waals surface area (Å²) >= 11 is 0. The summed E-state index contributed by atoms with van der Waals surface area (Å²) in [6.07, 6.45) is 10.2. The molecule has 41 heavy (non-hydrogen) atoms. The van der Waals surface area contributed by atoms with Gasteiger partial charge in [0.2, 0.25) is 5.88 Å². The van der Waals surface area contributed by atoms with Gasteiger partial charge in [0, 0.05) is 47.7 Å². The molecule has 2 N–H and O–H groups in total. The molecule has 8 heteroatoms. The second-order valence-electron chi connectivity index (χ2n) is 12.0. The van der Waals surface area contributed by atoms with E-state index < -0.39 is 5.60 Å². The third kappa shape index (κ3) is 7.80. The highest BCUT2D eigenvalue weighted by Gasteiger charge is 2.29. The Hall–Kier alpha value is -3.55. The van der Waals surface area contributed by atoms with E-state index in [2.05, 4.69) is 51.7 Å². The van der Waals surface area contributed by atoms with Crippen molar-refractivity contribution in [2.45, 2.75) is 104 Å². The number of nitrogens with one attached hydrogen (secondary N) is 2. The van der Waals surface area contributed by atoms with E-state index in [1.165, 1.54) is 0 Å². The Bertz CT molecular complexity index is 1260. The number of amides is 2. The maximum absolute atomic E-state index is 13.6. The van der Waals surface area contributed by atoms with Crippen LogP contribution in [-0.2, 0) is 24.1 Å². The fourth-order valence-electron chi connectivity index (χ4n) is 6.04. The molecule has 1 aliphatic heterocycles. The summed E-state index contributed by atoms with van der Waals surface area (Å²) in [6.45, 7) is 11.0. The molecule has 8 nitrogen and oxygen atoms in total. The standard InChI is InChI=1S/C33H46N4O4/c1-7-37(25-18-16-24(17-19-25)36-32(39)41-33(3,4)5)29-15-11-14-27-26(29)13-10-8-9-12-23-20-22(2)35-31(40-6)28(23)21-34-30(27)38/h8,10-11,14-15,20,24-25H,7,9,12-13,16-19,21H2,1-6H3,(H,34,38)(H,36,39). The zero-order chi connectivity index (χ0) is 29.6. The van der Waals surface area contributed by atoms with Gasteiger partial charge in [0.15, 0.2) is 0 Å². The lowest BCUT2D eigenvalue weighted by Crippen LogP contribution is -2.45. The number of rotatable bonds is 5. The number of hydrogen-bond donors (Lipinski definition) is 2. The van der Waals surface area contributed by atoms with Crippen molar-refractivity contribution in [3.05, 3.63) is 64.4 Å². The number of methoxy groups -OCH3 is 1. The van der Waals surface area contributed by atoms with Crippen LogP contribution >= 0.6 is 0 Å². The Morgan fingerprint density at radius 3 is 2.59 bits per heavy atom. The zero-order valence-corrected chi connectivity index (χ0v) is 25.5. The number of nitrogens with zero attached hydrogens (tertiary/aromatic N) is 2. The van der Waals surface area contributed by atoms with E-state index in [1.54, 1.807) is 7.11 Å². The van der Waals surface area contributed by atoms with Crippen LogP contribution in [0.5, 0.6) is 5.88 Å². The number of benzene rings is 1. The number of allylic oxidation sites excluding steroid dienone is 2. The van der Waals surface area contributed by atoms with Crippen molar-refractivity contribution in [3.63, 3.8) is 0 Å². The number of alkyl carbamates (subject to hydrolysis) is 1. The molecule has 4 rings (SSSR count). The van der Waals surface area contributed by atoms with E-state index in [0.717, 1.165) is 73.1 Å². The van der Waals surface area contributed by atoms with Crippen LogP contribution in [0.2, 0.25) is 0 Å². The van der Waals surface area contributed by atoms with Crippen LogP contribution in [0.3, 0.4) is 0 Å². The van der Waals surface area contributed by atoms with Gasteiger partial charge in [-0.05, 0) is 109 Å². The summed E-state index contributed by atoms with van der Waals surface area (Å²) in [6, 6.07) is 8.60. The number of carbonyl (C=O) groups is 2. The lowest BCUT2D eigenvalue weighted by Gasteiger charge is -2.39. The Kier molecular flexibility index (Phi) is 9.94. The first-order valence-corrected chi connectivity index (χ1v) is 14.9. The first kappa shape index (κ1) is 30.4. The summed E-state index contributed by atoms with van der Waals surface area (Å²) in [5.74, 6) is 0.481. The van der Waals surface area contributed by atoms with Gasteiger partial charge < -0.3 is 25.0 Å². The summed E-state index contributed by atoms with van der Waals surface area (Å²) in [5, 5.41) is 6.21. The Labute approximate surface area is 244 Å². The van der Waals surface area contributed by atoms with E-state index in [1.807, 2.05) is 39.8 Å².